The standard InChI is InChI=1S/C17H23N3/c1-17(2,3)20-12-13(11-19-20)10-18-16-9-8-14-6-4-5-7-15(14)16/h4-7,11-12,16,18H,8-10H2,1-3H3. The number of rotatable bonds is 3. The Morgan fingerprint density at radius 1 is 1.30 bits per heavy atom. The molecule has 1 unspecified atom stereocenters. The van der Waals surface area contributed by atoms with Crippen molar-refractivity contribution in [2.45, 2.75) is 51.7 Å². The number of nitrogens with zero attached hydrogens (tertiary/aromatic N) is 2. The Kier molecular flexibility index (Phi) is 3.38. The third kappa shape index (κ3) is 2.63. The first-order valence-corrected chi connectivity index (χ1v) is 7.39. The molecule has 0 aliphatic heterocycles. The topological polar surface area (TPSA) is 29.9 Å². The molecule has 1 heterocycles. The summed E-state index contributed by atoms with van der Waals surface area (Å²) in [6, 6.07) is 9.25. The maximum absolute atomic E-state index is 4.45. The minimum atomic E-state index is 0.0538. The molecule has 0 bridgehead atoms. The first-order chi connectivity index (χ1) is 9.54. The molecule has 1 N–H and O–H groups in total. The molecule has 3 heteroatoms. The van der Waals surface area contributed by atoms with Crippen molar-refractivity contribution in [1.29, 1.82) is 0 Å². The Labute approximate surface area is 121 Å². The minimum Gasteiger partial charge on any atom is -0.306 e. The lowest BCUT2D eigenvalue weighted by Gasteiger charge is -2.18. The Balaban J connectivity index is 1.65. The van der Waals surface area contributed by atoms with Crippen LogP contribution in [0, 0.1) is 0 Å². The van der Waals surface area contributed by atoms with E-state index in [1.54, 1.807) is 0 Å². The number of fused-ring (bicyclic) bond motifs is 1. The van der Waals surface area contributed by atoms with E-state index < -0.39 is 0 Å². The summed E-state index contributed by atoms with van der Waals surface area (Å²) in [7, 11) is 0. The number of aromatic nitrogens is 2. The smallest absolute Gasteiger partial charge is 0.0543 e. The van der Waals surface area contributed by atoms with E-state index in [9.17, 15) is 0 Å². The summed E-state index contributed by atoms with van der Waals surface area (Å²) in [5, 5.41) is 8.12. The molecule has 0 amide bonds. The number of nitrogens with one attached hydrogen (secondary N) is 1. The lowest BCUT2D eigenvalue weighted by molar-refractivity contribution is 0.355. The van der Waals surface area contributed by atoms with Crippen molar-refractivity contribution in [3.8, 4) is 0 Å². The van der Waals surface area contributed by atoms with Crippen LogP contribution in [-0.4, -0.2) is 9.78 Å². The van der Waals surface area contributed by atoms with Crippen molar-refractivity contribution < 1.29 is 0 Å². The highest BCUT2D eigenvalue weighted by Crippen LogP contribution is 2.30. The second-order valence-electron chi connectivity index (χ2n) is 6.63. The van der Waals surface area contributed by atoms with Crippen molar-refractivity contribution in [2.24, 2.45) is 0 Å². The van der Waals surface area contributed by atoms with Gasteiger partial charge in [0.25, 0.3) is 0 Å². The molecule has 20 heavy (non-hydrogen) atoms. The van der Waals surface area contributed by atoms with Gasteiger partial charge in [0.2, 0.25) is 0 Å². The summed E-state index contributed by atoms with van der Waals surface area (Å²) in [6.45, 7) is 7.40. The molecule has 1 aliphatic rings. The zero-order valence-corrected chi connectivity index (χ0v) is 12.6. The summed E-state index contributed by atoms with van der Waals surface area (Å²) in [4.78, 5) is 0. The first-order valence-electron chi connectivity index (χ1n) is 7.39. The molecule has 0 saturated carbocycles. The lowest BCUT2D eigenvalue weighted by atomic mass is 10.1. The minimum absolute atomic E-state index is 0.0538. The summed E-state index contributed by atoms with van der Waals surface area (Å²) >= 11 is 0. The van der Waals surface area contributed by atoms with E-state index in [0.29, 0.717) is 6.04 Å². The molecule has 0 fully saturated rings. The lowest BCUT2D eigenvalue weighted by Crippen LogP contribution is -2.22. The fraction of sp³-hybridized carbons (Fsp3) is 0.471. The van der Waals surface area contributed by atoms with Crippen LogP contribution in [0.5, 0.6) is 0 Å². The fourth-order valence-corrected chi connectivity index (χ4v) is 2.83. The summed E-state index contributed by atoms with van der Waals surface area (Å²) in [6.07, 6.45) is 6.51. The maximum Gasteiger partial charge on any atom is 0.0543 e. The predicted molar refractivity (Wildman–Crippen MR) is 81.6 cm³/mol. The van der Waals surface area contributed by atoms with E-state index >= 15 is 0 Å². The average molecular weight is 269 g/mol. The van der Waals surface area contributed by atoms with E-state index in [4.69, 9.17) is 0 Å². The van der Waals surface area contributed by atoms with E-state index in [2.05, 4.69) is 61.6 Å². The number of benzene rings is 1. The van der Waals surface area contributed by atoms with Crippen LogP contribution in [0.4, 0.5) is 0 Å². The molecule has 1 aromatic carbocycles. The van der Waals surface area contributed by atoms with Gasteiger partial charge >= 0.3 is 0 Å². The number of aryl methyl sites for hydroxylation is 1. The summed E-state index contributed by atoms with van der Waals surface area (Å²) in [5.41, 5.74) is 4.27. The van der Waals surface area contributed by atoms with Crippen molar-refractivity contribution in [1.82, 2.24) is 15.1 Å². The molecule has 106 valence electrons. The van der Waals surface area contributed by atoms with E-state index in [1.165, 1.54) is 29.5 Å². The van der Waals surface area contributed by atoms with Crippen LogP contribution in [0.25, 0.3) is 0 Å². The predicted octanol–water partition coefficient (Wildman–Crippen LogP) is 3.42. The quantitative estimate of drug-likeness (QED) is 0.925. The molecule has 1 aliphatic carbocycles. The molecule has 0 radical (unpaired) electrons. The largest absolute Gasteiger partial charge is 0.306 e. The summed E-state index contributed by atoms with van der Waals surface area (Å²) in [5.74, 6) is 0. The van der Waals surface area contributed by atoms with E-state index in [1.807, 2.05) is 10.9 Å². The molecule has 1 aromatic heterocycles. The second-order valence-corrected chi connectivity index (χ2v) is 6.63. The summed E-state index contributed by atoms with van der Waals surface area (Å²) < 4.78 is 2.03. The Morgan fingerprint density at radius 2 is 2.10 bits per heavy atom. The average Bonchev–Trinajstić information content (AvgIpc) is 3.02. The van der Waals surface area contributed by atoms with Gasteiger partial charge in [0.1, 0.15) is 0 Å². The van der Waals surface area contributed by atoms with Gasteiger partial charge in [-0.3, -0.25) is 4.68 Å². The third-order valence-electron chi connectivity index (χ3n) is 4.01. The van der Waals surface area contributed by atoms with Crippen LogP contribution in [0.15, 0.2) is 36.7 Å². The molecule has 1 atom stereocenters. The Morgan fingerprint density at radius 3 is 2.85 bits per heavy atom. The van der Waals surface area contributed by atoms with Crippen LogP contribution in [-0.2, 0) is 18.5 Å². The maximum atomic E-state index is 4.45. The second kappa shape index (κ2) is 5.06. The number of hydrogen-bond donors (Lipinski definition) is 1. The highest BCUT2D eigenvalue weighted by molar-refractivity contribution is 5.34. The highest BCUT2D eigenvalue weighted by atomic mass is 15.3. The SMILES string of the molecule is CC(C)(C)n1cc(CNC2CCc3ccccc32)cn1. The fourth-order valence-electron chi connectivity index (χ4n) is 2.83. The molecule has 0 saturated heterocycles. The molecular formula is C17H23N3. The Bertz CT molecular complexity index is 592. The van der Waals surface area contributed by atoms with Gasteiger partial charge < -0.3 is 5.32 Å². The first kappa shape index (κ1) is 13.4. The van der Waals surface area contributed by atoms with Crippen molar-refractivity contribution in [3.05, 3.63) is 53.3 Å². The van der Waals surface area contributed by atoms with Crippen LogP contribution >= 0.6 is 0 Å². The van der Waals surface area contributed by atoms with Crippen LogP contribution in [0.2, 0.25) is 0 Å². The van der Waals surface area contributed by atoms with Gasteiger partial charge in [-0.05, 0) is 44.7 Å². The number of hydrogen-bond acceptors (Lipinski definition) is 2. The van der Waals surface area contributed by atoms with Gasteiger partial charge in [0.05, 0.1) is 11.7 Å². The monoisotopic (exact) mass is 269 g/mol. The third-order valence-corrected chi connectivity index (χ3v) is 4.01. The van der Waals surface area contributed by atoms with Gasteiger partial charge in [-0.25, -0.2) is 0 Å². The molecule has 3 nitrogen and oxygen atoms in total. The van der Waals surface area contributed by atoms with Gasteiger partial charge in [0, 0.05) is 24.3 Å². The molecule has 3 rings (SSSR count). The van der Waals surface area contributed by atoms with Gasteiger partial charge in [-0.1, -0.05) is 24.3 Å². The normalized spacial score (nSPS) is 18.2. The Hall–Kier alpha value is -1.61. The van der Waals surface area contributed by atoms with Crippen molar-refractivity contribution in [3.63, 3.8) is 0 Å². The van der Waals surface area contributed by atoms with Gasteiger partial charge in [-0.15, -0.1) is 0 Å². The van der Waals surface area contributed by atoms with Crippen LogP contribution in [0.3, 0.4) is 0 Å². The van der Waals surface area contributed by atoms with Gasteiger partial charge in [0.15, 0.2) is 0 Å². The zero-order valence-electron chi connectivity index (χ0n) is 12.6. The van der Waals surface area contributed by atoms with Crippen LogP contribution < -0.4 is 5.32 Å². The van der Waals surface area contributed by atoms with Crippen LogP contribution in [0.1, 0.15) is 49.9 Å². The van der Waals surface area contributed by atoms with E-state index in [-0.39, 0.29) is 5.54 Å². The molecular weight excluding hydrogens is 246 g/mol. The van der Waals surface area contributed by atoms with Gasteiger partial charge in [-0.2, -0.15) is 5.10 Å². The van der Waals surface area contributed by atoms with Crippen molar-refractivity contribution >= 4 is 0 Å². The zero-order chi connectivity index (χ0) is 14.2. The van der Waals surface area contributed by atoms with E-state index in [0.717, 1.165) is 6.54 Å². The molecule has 0 spiro atoms. The highest BCUT2D eigenvalue weighted by Gasteiger charge is 2.21. The molecule has 2 aromatic rings. The van der Waals surface area contributed by atoms with Crippen molar-refractivity contribution in [2.75, 3.05) is 0 Å².